The van der Waals surface area contributed by atoms with E-state index in [1.165, 1.54) is 6.07 Å². The molecule has 1 fully saturated rings. The predicted molar refractivity (Wildman–Crippen MR) is 79.5 cm³/mol. The molecule has 6 heteroatoms. The van der Waals surface area contributed by atoms with E-state index in [0.717, 1.165) is 19.4 Å². The molecule has 2 aliphatic heterocycles. The number of halogens is 2. The van der Waals surface area contributed by atoms with Gasteiger partial charge in [-0.15, -0.1) is 0 Å². The lowest BCUT2D eigenvalue weighted by Gasteiger charge is -2.24. The molecular formula is C15H20ClFN2O2. The quantitative estimate of drug-likeness (QED) is 0.911. The standard InChI is InChI=1S/C15H20ClFN2O2/c1-19-8-9(7-18)5-11(19)13-14(17)10(16)6-12-15(13)21-4-2-3-20-12/h6,9,11H,2-5,7-8,18H2,1H3. The minimum Gasteiger partial charge on any atom is -0.489 e. The van der Waals surface area contributed by atoms with Crippen molar-refractivity contribution >= 4 is 11.6 Å². The highest BCUT2D eigenvalue weighted by molar-refractivity contribution is 6.31. The average molecular weight is 315 g/mol. The molecule has 0 bridgehead atoms. The van der Waals surface area contributed by atoms with Gasteiger partial charge in [0.2, 0.25) is 0 Å². The SMILES string of the molecule is CN1CC(CN)CC1c1c(F)c(Cl)cc2c1OCCCO2. The summed E-state index contributed by atoms with van der Waals surface area (Å²) in [6.45, 7) is 2.53. The minimum absolute atomic E-state index is 0.0762. The number of ether oxygens (including phenoxy) is 2. The zero-order chi connectivity index (χ0) is 15.0. The van der Waals surface area contributed by atoms with Crippen molar-refractivity contribution in [2.24, 2.45) is 11.7 Å². The molecule has 1 saturated heterocycles. The van der Waals surface area contributed by atoms with Crippen molar-refractivity contribution in [3.05, 3.63) is 22.5 Å². The van der Waals surface area contributed by atoms with E-state index in [0.29, 0.717) is 42.7 Å². The summed E-state index contributed by atoms with van der Waals surface area (Å²) < 4.78 is 26.1. The predicted octanol–water partition coefficient (Wildman–Crippen LogP) is 2.59. The molecule has 3 rings (SSSR count). The van der Waals surface area contributed by atoms with Gasteiger partial charge in [0.25, 0.3) is 0 Å². The summed E-state index contributed by atoms with van der Waals surface area (Å²) in [5.41, 5.74) is 6.28. The van der Waals surface area contributed by atoms with Crippen LogP contribution in [-0.4, -0.2) is 38.3 Å². The highest BCUT2D eigenvalue weighted by Gasteiger charge is 2.36. The van der Waals surface area contributed by atoms with E-state index in [2.05, 4.69) is 4.90 Å². The summed E-state index contributed by atoms with van der Waals surface area (Å²) in [4.78, 5) is 2.11. The van der Waals surface area contributed by atoms with Crippen LogP contribution in [0.1, 0.15) is 24.4 Å². The number of fused-ring (bicyclic) bond motifs is 1. The maximum atomic E-state index is 14.7. The Balaban J connectivity index is 2.06. The van der Waals surface area contributed by atoms with Crippen molar-refractivity contribution in [2.45, 2.75) is 18.9 Å². The van der Waals surface area contributed by atoms with Gasteiger partial charge in [-0.3, -0.25) is 4.90 Å². The van der Waals surface area contributed by atoms with Crippen LogP contribution in [0.2, 0.25) is 5.02 Å². The average Bonchev–Trinajstić information content (AvgIpc) is 2.68. The number of nitrogens with zero attached hydrogens (tertiary/aromatic N) is 1. The normalized spacial score (nSPS) is 25.9. The van der Waals surface area contributed by atoms with Crippen molar-refractivity contribution in [1.82, 2.24) is 4.90 Å². The van der Waals surface area contributed by atoms with Gasteiger partial charge >= 0.3 is 0 Å². The molecule has 1 aromatic carbocycles. The Morgan fingerprint density at radius 3 is 2.90 bits per heavy atom. The molecule has 0 spiro atoms. The second kappa shape index (κ2) is 5.99. The first-order chi connectivity index (χ1) is 10.1. The number of rotatable bonds is 2. The zero-order valence-corrected chi connectivity index (χ0v) is 12.8. The third-order valence-corrected chi connectivity index (χ3v) is 4.54. The lowest BCUT2D eigenvalue weighted by atomic mass is 9.98. The topological polar surface area (TPSA) is 47.7 Å². The van der Waals surface area contributed by atoms with Gasteiger partial charge in [0.15, 0.2) is 17.3 Å². The van der Waals surface area contributed by atoms with E-state index in [1.807, 2.05) is 7.05 Å². The molecule has 2 aliphatic rings. The Labute approximate surface area is 128 Å². The lowest BCUT2D eigenvalue weighted by molar-refractivity contribution is 0.277. The monoisotopic (exact) mass is 314 g/mol. The van der Waals surface area contributed by atoms with Gasteiger partial charge in [0.05, 0.1) is 23.8 Å². The second-order valence-electron chi connectivity index (χ2n) is 5.76. The molecule has 0 saturated carbocycles. The van der Waals surface area contributed by atoms with Crippen LogP contribution >= 0.6 is 11.6 Å². The molecule has 2 heterocycles. The smallest absolute Gasteiger partial charge is 0.168 e. The summed E-state index contributed by atoms with van der Waals surface area (Å²) in [6.07, 6.45) is 1.58. The molecule has 21 heavy (non-hydrogen) atoms. The third-order valence-electron chi connectivity index (χ3n) is 4.27. The Bertz CT molecular complexity index is 541. The van der Waals surface area contributed by atoms with Gasteiger partial charge in [-0.2, -0.15) is 0 Å². The molecule has 0 amide bonds. The van der Waals surface area contributed by atoms with Crippen LogP contribution in [0.3, 0.4) is 0 Å². The van der Waals surface area contributed by atoms with E-state index in [4.69, 9.17) is 26.8 Å². The second-order valence-corrected chi connectivity index (χ2v) is 6.16. The third kappa shape index (κ3) is 2.70. The highest BCUT2D eigenvalue weighted by Crippen LogP contribution is 2.46. The van der Waals surface area contributed by atoms with Crippen molar-refractivity contribution < 1.29 is 13.9 Å². The Hall–Kier alpha value is -1.04. The van der Waals surface area contributed by atoms with Crippen molar-refractivity contribution in [1.29, 1.82) is 0 Å². The molecule has 116 valence electrons. The first-order valence-corrected chi connectivity index (χ1v) is 7.67. The lowest BCUT2D eigenvalue weighted by Crippen LogP contribution is -2.21. The summed E-state index contributed by atoms with van der Waals surface area (Å²) in [7, 11) is 1.98. The highest BCUT2D eigenvalue weighted by atomic mass is 35.5. The number of benzene rings is 1. The number of hydrogen-bond acceptors (Lipinski definition) is 4. The first-order valence-electron chi connectivity index (χ1n) is 7.29. The van der Waals surface area contributed by atoms with Crippen LogP contribution in [-0.2, 0) is 0 Å². The van der Waals surface area contributed by atoms with Gasteiger partial charge in [0.1, 0.15) is 0 Å². The maximum absolute atomic E-state index is 14.7. The fraction of sp³-hybridized carbons (Fsp3) is 0.600. The maximum Gasteiger partial charge on any atom is 0.168 e. The Morgan fingerprint density at radius 1 is 1.43 bits per heavy atom. The molecule has 0 aliphatic carbocycles. The fourth-order valence-electron chi connectivity index (χ4n) is 3.19. The summed E-state index contributed by atoms with van der Waals surface area (Å²) in [5, 5.41) is 0.0823. The van der Waals surface area contributed by atoms with E-state index in [9.17, 15) is 4.39 Å². The first kappa shape index (κ1) is 14.9. The molecule has 1 aromatic rings. The zero-order valence-electron chi connectivity index (χ0n) is 12.1. The van der Waals surface area contributed by atoms with Crippen LogP contribution in [0, 0.1) is 11.7 Å². The molecule has 0 aromatic heterocycles. The Morgan fingerprint density at radius 2 is 2.19 bits per heavy atom. The summed E-state index contributed by atoms with van der Waals surface area (Å²) >= 11 is 6.05. The van der Waals surface area contributed by atoms with Crippen LogP contribution in [0.15, 0.2) is 6.07 Å². The van der Waals surface area contributed by atoms with Crippen LogP contribution in [0.25, 0.3) is 0 Å². The van der Waals surface area contributed by atoms with Crippen LogP contribution in [0.4, 0.5) is 4.39 Å². The van der Waals surface area contributed by atoms with Gasteiger partial charge in [-0.1, -0.05) is 11.6 Å². The van der Waals surface area contributed by atoms with Gasteiger partial charge in [-0.05, 0) is 25.9 Å². The van der Waals surface area contributed by atoms with E-state index in [1.54, 1.807) is 0 Å². The van der Waals surface area contributed by atoms with Crippen LogP contribution in [0.5, 0.6) is 11.5 Å². The van der Waals surface area contributed by atoms with Gasteiger partial charge in [-0.25, -0.2) is 4.39 Å². The van der Waals surface area contributed by atoms with Crippen molar-refractivity contribution in [3.8, 4) is 11.5 Å². The summed E-state index contributed by atoms with van der Waals surface area (Å²) in [5.74, 6) is 0.999. The molecule has 0 radical (unpaired) electrons. The number of hydrogen-bond donors (Lipinski definition) is 1. The minimum atomic E-state index is -0.407. The van der Waals surface area contributed by atoms with E-state index in [-0.39, 0.29) is 11.1 Å². The molecule has 2 N–H and O–H groups in total. The largest absolute Gasteiger partial charge is 0.489 e. The molecule has 4 nitrogen and oxygen atoms in total. The fourth-order valence-corrected chi connectivity index (χ4v) is 3.39. The van der Waals surface area contributed by atoms with Crippen molar-refractivity contribution in [2.75, 3.05) is 33.4 Å². The Kier molecular flexibility index (Phi) is 4.24. The molecule has 2 unspecified atom stereocenters. The number of likely N-dealkylation sites (tertiary alicyclic amines) is 1. The summed E-state index contributed by atoms with van der Waals surface area (Å²) in [6, 6.07) is 1.43. The van der Waals surface area contributed by atoms with Gasteiger partial charge < -0.3 is 15.2 Å². The van der Waals surface area contributed by atoms with Crippen molar-refractivity contribution in [3.63, 3.8) is 0 Å². The number of nitrogens with two attached hydrogens (primary N) is 1. The molecule has 2 atom stereocenters. The van der Waals surface area contributed by atoms with Crippen LogP contribution < -0.4 is 15.2 Å². The van der Waals surface area contributed by atoms with E-state index < -0.39 is 5.82 Å². The molecular weight excluding hydrogens is 295 g/mol. The van der Waals surface area contributed by atoms with Gasteiger partial charge in [0, 0.05) is 25.1 Å². The van der Waals surface area contributed by atoms with E-state index >= 15 is 0 Å².